The van der Waals surface area contributed by atoms with Gasteiger partial charge in [-0.3, -0.25) is 14.9 Å². The highest BCUT2D eigenvalue weighted by Gasteiger charge is 2.24. The molecule has 7 nitrogen and oxygen atoms in total. The fourth-order valence-electron chi connectivity index (χ4n) is 3.20. The predicted octanol–water partition coefficient (Wildman–Crippen LogP) is 4.93. The second kappa shape index (κ2) is 9.24. The summed E-state index contributed by atoms with van der Waals surface area (Å²) in [5, 5.41) is 12.0. The number of hydrogen-bond donors (Lipinski definition) is 0. The Morgan fingerprint density at radius 1 is 1.07 bits per heavy atom. The molecule has 0 amide bonds. The maximum atomic E-state index is 12.3. The Balaban J connectivity index is 1.73. The minimum absolute atomic E-state index is 0.00227. The number of carbonyl (C=O) groups is 2. The van der Waals surface area contributed by atoms with E-state index in [0.717, 1.165) is 32.4 Å². The van der Waals surface area contributed by atoms with E-state index in [1.54, 1.807) is 6.07 Å². The topological polar surface area (TPSA) is 89.8 Å². The molecule has 0 bridgehead atoms. The predicted molar refractivity (Wildman–Crippen MR) is 110 cm³/mol. The van der Waals surface area contributed by atoms with Gasteiger partial charge in [-0.25, -0.2) is 4.79 Å². The molecule has 1 saturated heterocycles. The lowest BCUT2D eigenvalue weighted by atomic mass is 10.1. The first-order chi connectivity index (χ1) is 13.9. The number of benzene rings is 2. The van der Waals surface area contributed by atoms with Gasteiger partial charge in [0, 0.05) is 29.7 Å². The average Bonchev–Trinajstić information content (AvgIpc) is 2.73. The van der Waals surface area contributed by atoms with Crippen LogP contribution in [-0.4, -0.2) is 36.4 Å². The van der Waals surface area contributed by atoms with Crippen molar-refractivity contribution in [1.82, 2.24) is 0 Å². The Morgan fingerprint density at radius 3 is 2.48 bits per heavy atom. The van der Waals surface area contributed by atoms with Crippen molar-refractivity contribution in [2.75, 3.05) is 24.6 Å². The van der Waals surface area contributed by atoms with E-state index in [9.17, 15) is 19.7 Å². The van der Waals surface area contributed by atoms with E-state index >= 15 is 0 Å². The number of piperidine rings is 1. The quantitative estimate of drug-likeness (QED) is 0.276. The van der Waals surface area contributed by atoms with Crippen molar-refractivity contribution in [2.45, 2.75) is 19.3 Å². The Hall–Kier alpha value is -2.64. The number of hydrogen-bond acceptors (Lipinski definition) is 6. The molecule has 0 spiro atoms. The number of ether oxygens (including phenoxy) is 1. The van der Waals surface area contributed by atoms with Crippen molar-refractivity contribution in [2.24, 2.45) is 0 Å². The van der Waals surface area contributed by atoms with Crippen molar-refractivity contribution in [3.63, 3.8) is 0 Å². The van der Waals surface area contributed by atoms with Crippen LogP contribution in [0.2, 0.25) is 10.0 Å². The van der Waals surface area contributed by atoms with Crippen LogP contribution in [0.15, 0.2) is 36.4 Å². The third-order valence-corrected chi connectivity index (χ3v) is 5.23. The third-order valence-electron chi connectivity index (χ3n) is 4.67. The van der Waals surface area contributed by atoms with E-state index in [0.29, 0.717) is 10.7 Å². The molecule has 0 N–H and O–H groups in total. The summed E-state index contributed by atoms with van der Waals surface area (Å²) in [6.07, 6.45) is 3.03. The summed E-state index contributed by atoms with van der Waals surface area (Å²) in [7, 11) is 0. The monoisotopic (exact) mass is 436 g/mol. The molecule has 0 radical (unpaired) electrons. The molecular weight excluding hydrogens is 419 g/mol. The lowest BCUT2D eigenvalue weighted by Gasteiger charge is -2.28. The molecule has 1 aliphatic heterocycles. The van der Waals surface area contributed by atoms with Crippen LogP contribution >= 0.6 is 23.2 Å². The van der Waals surface area contributed by atoms with Gasteiger partial charge in [-0.05, 0) is 49.6 Å². The van der Waals surface area contributed by atoms with E-state index in [1.807, 2.05) is 4.90 Å². The van der Waals surface area contributed by atoms with Crippen LogP contribution in [0.5, 0.6) is 0 Å². The van der Waals surface area contributed by atoms with Gasteiger partial charge in [-0.2, -0.15) is 0 Å². The van der Waals surface area contributed by atoms with E-state index < -0.39 is 23.3 Å². The zero-order chi connectivity index (χ0) is 21.0. The summed E-state index contributed by atoms with van der Waals surface area (Å²) < 4.78 is 5.03. The van der Waals surface area contributed by atoms with Gasteiger partial charge in [-0.1, -0.05) is 23.2 Å². The van der Waals surface area contributed by atoms with Gasteiger partial charge in [0.25, 0.3) is 5.69 Å². The van der Waals surface area contributed by atoms with Crippen molar-refractivity contribution in [1.29, 1.82) is 0 Å². The van der Waals surface area contributed by atoms with Gasteiger partial charge in [-0.15, -0.1) is 0 Å². The van der Waals surface area contributed by atoms with Crippen molar-refractivity contribution in [3.8, 4) is 0 Å². The smallest absolute Gasteiger partial charge is 0.338 e. The Morgan fingerprint density at radius 2 is 1.79 bits per heavy atom. The Bertz CT molecular complexity index is 958. The number of halogens is 2. The number of anilines is 1. The fraction of sp³-hybridized carbons (Fsp3) is 0.300. The van der Waals surface area contributed by atoms with Crippen LogP contribution < -0.4 is 4.90 Å². The van der Waals surface area contributed by atoms with Crippen LogP contribution in [0.1, 0.15) is 40.0 Å². The molecule has 1 aliphatic rings. The molecule has 152 valence electrons. The molecule has 0 saturated carbocycles. The molecule has 0 aliphatic carbocycles. The zero-order valence-electron chi connectivity index (χ0n) is 15.4. The van der Waals surface area contributed by atoms with Crippen molar-refractivity contribution in [3.05, 3.63) is 67.7 Å². The third kappa shape index (κ3) is 5.05. The first-order valence-electron chi connectivity index (χ1n) is 9.05. The molecule has 9 heteroatoms. The summed E-state index contributed by atoms with van der Waals surface area (Å²) in [6, 6.07) is 8.60. The number of nitro groups is 1. The molecule has 0 unspecified atom stereocenters. The zero-order valence-corrected chi connectivity index (χ0v) is 16.9. The molecule has 2 aromatic rings. The lowest BCUT2D eigenvalue weighted by Crippen LogP contribution is -2.30. The van der Waals surface area contributed by atoms with Gasteiger partial charge in [0.05, 0.1) is 15.5 Å². The first-order valence-corrected chi connectivity index (χ1v) is 9.81. The summed E-state index contributed by atoms with van der Waals surface area (Å²) in [4.78, 5) is 37.5. The van der Waals surface area contributed by atoms with Gasteiger partial charge in [0.1, 0.15) is 5.69 Å². The van der Waals surface area contributed by atoms with E-state index in [4.69, 9.17) is 27.9 Å². The number of carbonyl (C=O) groups excluding carboxylic acids is 2. The summed E-state index contributed by atoms with van der Waals surface area (Å²) >= 11 is 11.8. The molecule has 2 aromatic carbocycles. The second-order valence-corrected chi connectivity index (χ2v) is 7.48. The fourth-order valence-corrected chi connectivity index (χ4v) is 3.60. The van der Waals surface area contributed by atoms with Gasteiger partial charge in [0.2, 0.25) is 5.78 Å². The molecule has 29 heavy (non-hydrogen) atoms. The summed E-state index contributed by atoms with van der Waals surface area (Å²) in [5.74, 6) is -1.35. The van der Waals surface area contributed by atoms with Crippen LogP contribution in [0.3, 0.4) is 0 Å². The molecule has 0 atom stereocenters. The average molecular weight is 437 g/mol. The molecule has 1 fully saturated rings. The van der Waals surface area contributed by atoms with Gasteiger partial charge in [0.15, 0.2) is 6.61 Å². The number of esters is 1. The van der Waals surface area contributed by atoms with Crippen LogP contribution in [0.4, 0.5) is 11.4 Å². The van der Waals surface area contributed by atoms with Crippen LogP contribution in [0.25, 0.3) is 0 Å². The van der Waals surface area contributed by atoms with Crippen LogP contribution in [0, 0.1) is 10.1 Å². The van der Waals surface area contributed by atoms with Crippen molar-refractivity contribution >= 4 is 46.3 Å². The van der Waals surface area contributed by atoms with E-state index in [-0.39, 0.29) is 21.8 Å². The SMILES string of the molecule is O=C(OCC(=O)c1cc(Cl)ccc1Cl)c1ccc(N2CCCCC2)c([N+](=O)[O-])c1. The van der Waals surface area contributed by atoms with Crippen LogP contribution in [-0.2, 0) is 4.74 Å². The first kappa shape index (κ1) is 21.1. The van der Waals surface area contributed by atoms with Crippen molar-refractivity contribution < 1.29 is 19.2 Å². The highest BCUT2D eigenvalue weighted by Crippen LogP contribution is 2.31. The van der Waals surface area contributed by atoms with E-state index in [2.05, 4.69) is 0 Å². The Kier molecular flexibility index (Phi) is 6.71. The number of nitro benzene ring substituents is 1. The standard InChI is InChI=1S/C20H18Cl2N2O5/c21-14-5-6-16(22)15(11-14)19(25)12-29-20(26)13-4-7-17(18(10-13)24(27)28)23-8-2-1-3-9-23/h4-7,10-11H,1-3,8-9,12H2. The number of ketones is 1. The maximum absolute atomic E-state index is 12.3. The summed E-state index contributed by atoms with van der Waals surface area (Å²) in [6.45, 7) is 0.916. The number of nitrogens with zero attached hydrogens (tertiary/aromatic N) is 2. The Labute approximate surface area is 177 Å². The highest BCUT2D eigenvalue weighted by atomic mass is 35.5. The van der Waals surface area contributed by atoms with E-state index in [1.165, 1.54) is 30.3 Å². The summed E-state index contributed by atoms with van der Waals surface area (Å²) in [5.41, 5.74) is 0.458. The maximum Gasteiger partial charge on any atom is 0.338 e. The molecule has 0 aromatic heterocycles. The molecule has 3 rings (SSSR count). The van der Waals surface area contributed by atoms with Gasteiger partial charge < -0.3 is 9.64 Å². The number of Topliss-reactive ketones (excluding diaryl/α,β-unsaturated/α-hetero) is 1. The lowest BCUT2D eigenvalue weighted by molar-refractivity contribution is -0.384. The normalized spacial score (nSPS) is 13.8. The highest BCUT2D eigenvalue weighted by molar-refractivity contribution is 6.36. The van der Waals surface area contributed by atoms with Gasteiger partial charge >= 0.3 is 5.97 Å². The minimum atomic E-state index is -0.829. The molecule has 1 heterocycles. The number of rotatable bonds is 6. The second-order valence-electron chi connectivity index (χ2n) is 6.63. The molecular formula is C20H18Cl2N2O5. The largest absolute Gasteiger partial charge is 0.454 e. The minimum Gasteiger partial charge on any atom is -0.454 e.